The molecule has 0 saturated carbocycles. The lowest BCUT2D eigenvalue weighted by Crippen LogP contribution is -2.25. The summed E-state index contributed by atoms with van der Waals surface area (Å²) in [4.78, 5) is 2.56. The quantitative estimate of drug-likeness (QED) is 0.853. The van der Waals surface area contributed by atoms with E-state index < -0.39 is 0 Å². The molecule has 0 aliphatic carbocycles. The molecule has 1 aliphatic heterocycles. The van der Waals surface area contributed by atoms with Gasteiger partial charge in [0.25, 0.3) is 0 Å². The van der Waals surface area contributed by atoms with Crippen LogP contribution >= 0.6 is 0 Å². The fourth-order valence-corrected chi connectivity index (χ4v) is 3.14. The van der Waals surface area contributed by atoms with Gasteiger partial charge in [-0.15, -0.1) is 0 Å². The lowest BCUT2D eigenvalue weighted by Gasteiger charge is -2.19. The molecule has 0 radical (unpaired) electrons. The van der Waals surface area contributed by atoms with Crippen LogP contribution in [0.2, 0.25) is 0 Å². The van der Waals surface area contributed by atoms with Crippen LogP contribution in [0.1, 0.15) is 50.4 Å². The van der Waals surface area contributed by atoms with Crippen LogP contribution < -0.4 is 5.32 Å². The van der Waals surface area contributed by atoms with E-state index in [2.05, 4.69) is 23.2 Å². The molecule has 1 unspecified atom stereocenters. The molecule has 0 bridgehead atoms. The van der Waals surface area contributed by atoms with E-state index in [1.54, 1.807) is 0 Å². The topological polar surface area (TPSA) is 28.4 Å². The van der Waals surface area contributed by atoms with Crippen LogP contribution in [0.15, 0.2) is 16.7 Å². The Kier molecular flexibility index (Phi) is 5.93. The van der Waals surface area contributed by atoms with Gasteiger partial charge in [-0.2, -0.15) is 0 Å². The molecule has 1 atom stereocenters. The van der Waals surface area contributed by atoms with E-state index in [1.165, 1.54) is 50.8 Å². The molecular formula is C16H28N2O. The van der Waals surface area contributed by atoms with E-state index in [-0.39, 0.29) is 0 Å². The molecule has 1 aromatic rings. The molecule has 108 valence electrons. The Bertz CT molecular complexity index is 361. The summed E-state index contributed by atoms with van der Waals surface area (Å²) in [6.45, 7) is 6.63. The third-order valence-corrected chi connectivity index (χ3v) is 4.21. The van der Waals surface area contributed by atoms with Crippen molar-refractivity contribution in [2.75, 3.05) is 20.1 Å². The van der Waals surface area contributed by atoms with E-state index in [4.69, 9.17) is 4.42 Å². The summed E-state index contributed by atoms with van der Waals surface area (Å²) in [6.07, 6.45) is 8.66. The van der Waals surface area contributed by atoms with E-state index in [0.29, 0.717) is 0 Å². The monoisotopic (exact) mass is 264 g/mol. The Morgan fingerprint density at radius 3 is 3.05 bits per heavy atom. The van der Waals surface area contributed by atoms with Crippen LogP contribution in [0.3, 0.4) is 0 Å². The zero-order chi connectivity index (χ0) is 13.5. The van der Waals surface area contributed by atoms with Crippen LogP contribution in [0.5, 0.6) is 0 Å². The molecule has 3 heteroatoms. The Labute approximate surface area is 117 Å². The van der Waals surface area contributed by atoms with Gasteiger partial charge >= 0.3 is 0 Å². The van der Waals surface area contributed by atoms with Crippen LogP contribution in [0.4, 0.5) is 0 Å². The zero-order valence-corrected chi connectivity index (χ0v) is 12.5. The summed E-state index contributed by atoms with van der Waals surface area (Å²) < 4.78 is 5.65. The Balaban J connectivity index is 1.86. The van der Waals surface area contributed by atoms with Gasteiger partial charge in [0.15, 0.2) is 0 Å². The SMILES string of the molecule is CCCC1CCCN(Cc2occc2CNC)CC1. The average molecular weight is 264 g/mol. The maximum Gasteiger partial charge on any atom is 0.122 e. The van der Waals surface area contributed by atoms with Gasteiger partial charge in [-0.25, -0.2) is 0 Å². The molecule has 1 saturated heterocycles. The molecule has 0 amide bonds. The standard InChI is InChI=1S/C16H28N2O/c1-3-5-14-6-4-9-18(10-7-14)13-16-15(12-17-2)8-11-19-16/h8,11,14,17H,3-7,9-10,12-13H2,1-2H3. The molecule has 1 aliphatic rings. The second-order valence-corrected chi connectivity index (χ2v) is 5.76. The highest BCUT2D eigenvalue weighted by Gasteiger charge is 2.18. The summed E-state index contributed by atoms with van der Waals surface area (Å²) in [7, 11) is 1.98. The maximum absolute atomic E-state index is 5.65. The molecular weight excluding hydrogens is 236 g/mol. The third-order valence-electron chi connectivity index (χ3n) is 4.21. The normalized spacial score (nSPS) is 21.5. The first-order valence-corrected chi connectivity index (χ1v) is 7.75. The minimum absolute atomic E-state index is 0.901. The van der Waals surface area contributed by atoms with Crippen LogP contribution in [0, 0.1) is 5.92 Å². The first-order valence-electron chi connectivity index (χ1n) is 7.75. The van der Waals surface area contributed by atoms with Crippen molar-refractivity contribution in [1.82, 2.24) is 10.2 Å². The van der Waals surface area contributed by atoms with Crippen LogP contribution in [-0.4, -0.2) is 25.0 Å². The molecule has 1 N–H and O–H groups in total. The summed E-state index contributed by atoms with van der Waals surface area (Å²) in [5.74, 6) is 2.09. The Morgan fingerprint density at radius 1 is 1.37 bits per heavy atom. The van der Waals surface area contributed by atoms with Gasteiger partial charge in [0.05, 0.1) is 12.8 Å². The average Bonchev–Trinajstić information content (AvgIpc) is 2.70. The van der Waals surface area contributed by atoms with Gasteiger partial charge in [-0.05, 0) is 51.4 Å². The minimum atomic E-state index is 0.901. The summed E-state index contributed by atoms with van der Waals surface area (Å²) >= 11 is 0. The number of nitrogens with zero attached hydrogens (tertiary/aromatic N) is 1. The van der Waals surface area contributed by atoms with Crippen molar-refractivity contribution >= 4 is 0 Å². The fourth-order valence-electron chi connectivity index (χ4n) is 3.14. The minimum Gasteiger partial charge on any atom is -0.468 e. The molecule has 3 nitrogen and oxygen atoms in total. The van der Waals surface area contributed by atoms with Gasteiger partial charge in [0, 0.05) is 12.1 Å². The van der Waals surface area contributed by atoms with E-state index in [0.717, 1.165) is 24.8 Å². The van der Waals surface area contributed by atoms with E-state index >= 15 is 0 Å². The van der Waals surface area contributed by atoms with E-state index in [9.17, 15) is 0 Å². The molecule has 0 spiro atoms. The molecule has 19 heavy (non-hydrogen) atoms. The largest absolute Gasteiger partial charge is 0.468 e. The smallest absolute Gasteiger partial charge is 0.122 e. The van der Waals surface area contributed by atoms with Gasteiger partial charge < -0.3 is 9.73 Å². The van der Waals surface area contributed by atoms with Crippen LogP contribution in [0.25, 0.3) is 0 Å². The number of rotatable bonds is 6. The highest BCUT2D eigenvalue weighted by molar-refractivity contribution is 5.16. The third kappa shape index (κ3) is 4.36. The van der Waals surface area contributed by atoms with Crippen molar-refractivity contribution in [3.05, 3.63) is 23.7 Å². The molecule has 0 aromatic carbocycles. The molecule has 1 fully saturated rings. The van der Waals surface area contributed by atoms with Crippen molar-refractivity contribution < 1.29 is 4.42 Å². The predicted molar refractivity (Wildman–Crippen MR) is 79.0 cm³/mol. The van der Waals surface area contributed by atoms with Crippen molar-refractivity contribution in [1.29, 1.82) is 0 Å². The summed E-state index contributed by atoms with van der Waals surface area (Å²) in [5, 5.41) is 3.21. The molecule has 2 heterocycles. The molecule has 1 aromatic heterocycles. The van der Waals surface area contributed by atoms with Gasteiger partial charge in [0.1, 0.15) is 5.76 Å². The van der Waals surface area contributed by atoms with E-state index in [1.807, 2.05) is 13.3 Å². The number of nitrogens with one attached hydrogen (secondary N) is 1. The first-order chi connectivity index (χ1) is 9.33. The van der Waals surface area contributed by atoms with Gasteiger partial charge in [0.2, 0.25) is 0 Å². The van der Waals surface area contributed by atoms with Crippen LogP contribution in [-0.2, 0) is 13.1 Å². The number of hydrogen-bond donors (Lipinski definition) is 1. The highest BCUT2D eigenvalue weighted by Crippen LogP contribution is 2.23. The molecule has 2 rings (SSSR count). The lowest BCUT2D eigenvalue weighted by atomic mass is 9.96. The van der Waals surface area contributed by atoms with Crippen molar-refractivity contribution in [2.45, 2.75) is 52.1 Å². The Morgan fingerprint density at radius 2 is 2.26 bits per heavy atom. The highest BCUT2D eigenvalue weighted by atomic mass is 16.3. The zero-order valence-electron chi connectivity index (χ0n) is 12.5. The van der Waals surface area contributed by atoms with Crippen molar-refractivity contribution in [3.63, 3.8) is 0 Å². The number of likely N-dealkylation sites (tertiary alicyclic amines) is 1. The summed E-state index contributed by atoms with van der Waals surface area (Å²) in [5.41, 5.74) is 1.30. The second-order valence-electron chi connectivity index (χ2n) is 5.76. The number of furan rings is 1. The fraction of sp³-hybridized carbons (Fsp3) is 0.750. The van der Waals surface area contributed by atoms with Gasteiger partial charge in [-0.1, -0.05) is 19.8 Å². The second kappa shape index (κ2) is 7.71. The maximum atomic E-state index is 5.65. The lowest BCUT2D eigenvalue weighted by molar-refractivity contribution is 0.247. The number of hydrogen-bond acceptors (Lipinski definition) is 3. The Hall–Kier alpha value is -0.800. The van der Waals surface area contributed by atoms with Crippen molar-refractivity contribution in [3.8, 4) is 0 Å². The summed E-state index contributed by atoms with van der Waals surface area (Å²) in [6, 6.07) is 2.09. The van der Waals surface area contributed by atoms with Crippen molar-refractivity contribution in [2.24, 2.45) is 5.92 Å². The first kappa shape index (κ1) is 14.6. The van der Waals surface area contributed by atoms with Gasteiger partial charge in [-0.3, -0.25) is 4.90 Å². The predicted octanol–water partition coefficient (Wildman–Crippen LogP) is 3.40.